The van der Waals surface area contributed by atoms with Crippen molar-refractivity contribution in [3.63, 3.8) is 0 Å². The first kappa shape index (κ1) is 10.7. The van der Waals surface area contributed by atoms with Gasteiger partial charge in [0.05, 0.1) is 0 Å². The number of hydrogen-bond acceptors (Lipinski definition) is 5. The Hall–Kier alpha value is -1.40. The summed E-state index contributed by atoms with van der Waals surface area (Å²) in [4.78, 5) is 17.7. The van der Waals surface area contributed by atoms with Crippen molar-refractivity contribution >= 4 is 29.5 Å². The Kier molecular flexibility index (Phi) is 3.61. The number of carbonyl (C=O) groups is 1. The molecule has 1 rings (SSSR count). The molecule has 1 aromatic heterocycles. The fraction of sp³-hybridized carbons (Fsp3) is 0.286. The zero-order valence-electron chi connectivity index (χ0n) is 7.36. The number of aliphatic hydroxyl groups excluding tert-OH is 1. The van der Waals surface area contributed by atoms with Gasteiger partial charge in [0.1, 0.15) is 18.2 Å². The van der Waals surface area contributed by atoms with Crippen LogP contribution >= 0.6 is 11.6 Å². The van der Waals surface area contributed by atoms with Gasteiger partial charge >= 0.3 is 0 Å². The molecule has 0 aliphatic rings. The second-order valence-corrected chi connectivity index (χ2v) is 2.83. The fourth-order valence-corrected chi connectivity index (χ4v) is 1.05. The summed E-state index contributed by atoms with van der Waals surface area (Å²) in [5, 5.41) is 14.1. The monoisotopic (exact) mass is 216 g/mol. The van der Waals surface area contributed by atoms with Crippen LogP contribution in [0.1, 0.15) is 6.92 Å². The number of aromatic nitrogens is 2. The second-order valence-electron chi connectivity index (χ2n) is 2.47. The van der Waals surface area contributed by atoms with Crippen molar-refractivity contribution in [2.75, 3.05) is 10.6 Å². The number of nitrogens with zero attached hydrogens (tertiary/aromatic N) is 2. The molecule has 0 saturated heterocycles. The van der Waals surface area contributed by atoms with Gasteiger partial charge in [-0.2, -0.15) is 0 Å². The van der Waals surface area contributed by atoms with Crippen molar-refractivity contribution in [2.45, 2.75) is 13.2 Å². The van der Waals surface area contributed by atoms with Crippen LogP contribution in [0, 0.1) is 0 Å². The molecule has 1 heterocycles. The van der Waals surface area contributed by atoms with Crippen LogP contribution in [0.2, 0.25) is 5.15 Å². The Bertz CT molecular complexity index is 331. The van der Waals surface area contributed by atoms with Gasteiger partial charge in [-0.1, -0.05) is 11.6 Å². The van der Waals surface area contributed by atoms with E-state index in [1.54, 1.807) is 0 Å². The van der Waals surface area contributed by atoms with Crippen LogP contribution in [0.3, 0.4) is 0 Å². The summed E-state index contributed by atoms with van der Waals surface area (Å²) in [6, 6.07) is 0. The molecule has 0 saturated carbocycles. The van der Waals surface area contributed by atoms with E-state index in [0.717, 1.165) is 0 Å². The lowest BCUT2D eigenvalue weighted by Gasteiger charge is -2.12. The maximum Gasteiger partial charge on any atom is 0.211 e. The lowest BCUT2D eigenvalue weighted by Crippen LogP contribution is -2.16. The third kappa shape index (κ3) is 2.54. The molecule has 76 valence electrons. The summed E-state index contributed by atoms with van der Waals surface area (Å²) >= 11 is 5.70. The van der Waals surface area contributed by atoms with Gasteiger partial charge in [-0.15, -0.1) is 0 Å². The highest BCUT2D eigenvalue weighted by Crippen LogP contribution is 2.25. The van der Waals surface area contributed by atoms with Crippen molar-refractivity contribution in [3.8, 4) is 0 Å². The zero-order valence-corrected chi connectivity index (χ0v) is 8.12. The maximum absolute atomic E-state index is 10.2. The van der Waals surface area contributed by atoms with Crippen molar-refractivity contribution < 1.29 is 9.90 Å². The fourth-order valence-electron chi connectivity index (χ4n) is 0.858. The summed E-state index contributed by atoms with van der Waals surface area (Å²) in [6.07, 6.45) is 0.883. The summed E-state index contributed by atoms with van der Waals surface area (Å²) < 4.78 is 0. The van der Waals surface area contributed by atoms with Crippen LogP contribution in [-0.2, 0) is 4.79 Å². The molecule has 0 fully saturated rings. The normalized spacial score (nSPS) is 11.9. The van der Waals surface area contributed by atoms with Crippen LogP contribution in [-0.4, -0.2) is 27.7 Å². The molecule has 0 bridgehead atoms. The average Bonchev–Trinajstić information content (AvgIpc) is 2.10. The predicted molar refractivity (Wildman–Crippen MR) is 52.0 cm³/mol. The molecule has 3 N–H and O–H groups in total. The quantitative estimate of drug-likeness (QED) is 0.386. The third-order valence-corrected chi connectivity index (χ3v) is 1.64. The Morgan fingerprint density at radius 3 is 2.93 bits per heavy atom. The van der Waals surface area contributed by atoms with Crippen LogP contribution < -0.4 is 10.6 Å². The number of amides is 1. The molecular formula is C7H9ClN4O2. The lowest BCUT2D eigenvalue weighted by atomic mass is 10.4. The molecule has 0 radical (unpaired) electrons. The molecule has 0 aliphatic heterocycles. The topological polar surface area (TPSA) is 87.1 Å². The van der Waals surface area contributed by atoms with E-state index in [-0.39, 0.29) is 16.7 Å². The van der Waals surface area contributed by atoms with Gasteiger partial charge in [0, 0.05) is 0 Å². The number of hydrogen-bond donors (Lipinski definition) is 3. The van der Waals surface area contributed by atoms with E-state index in [1.807, 2.05) is 0 Å². The van der Waals surface area contributed by atoms with Gasteiger partial charge in [0.2, 0.25) is 6.41 Å². The van der Waals surface area contributed by atoms with Crippen molar-refractivity contribution in [1.29, 1.82) is 0 Å². The highest BCUT2D eigenvalue weighted by Gasteiger charge is 2.09. The molecule has 6 nitrogen and oxygen atoms in total. The van der Waals surface area contributed by atoms with E-state index < -0.39 is 6.23 Å². The van der Waals surface area contributed by atoms with E-state index in [0.29, 0.717) is 6.41 Å². The minimum atomic E-state index is -0.798. The van der Waals surface area contributed by atoms with Gasteiger partial charge in [0.15, 0.2) is 11.0 Å². The molecule has 14 heavy (non-hydrogen) atoms. The van der Waals surface area contributed by atoms with Gasteiger partial charge in [0.25, 0.3) is 0 Å². The van der Waals surface area contributed by atoms with Crippen LogP contribution in [0.25, 0.3) is 0 Å². The van der Waals surface area contributed by atoms with Crippen molar-refractivity contribution in [1.82, 2.24) is 9.97 Å². The van der Waals surface area contributed by atoms with E-state index in [4.69, 9.17) is 16.7 Å². The molecule has 1 atom stereocenters. The van der Waals surface area contributed by atoms with Crippen LogP contribution in [0.4, 0.5) is 11.5 Å². The van der Waals surface area contributed by atoms with Gasteiger partial charge < -0.3 is 15.7 Å². The molecule has 0 aromatic carbocycles. The highest BCUT2D eigenvalue weighted by atomic mass is 35.5. The maximum atomic E-state index is 10.2. The molecule has 0 aliphatic carbocycles. The minimum Gasteiger partial charge on any atom is -0.374 e. The van der Waals surface area contributed by atoms with E-state index in [2.05, 4.69) is 20.6 Å². The zero-order chi connectivity index (χ0) is 10.6. The predicted octanol–water partition coefficient (Wildman–Crippen LogP) is 0.448. The van der Waals surface area contributed by atoms with E-state index in [9.17, 15) is 4.79 Å². The van der Waals surface area contributed by atoms with E-state index >= 15 is 0 Å². The number of aliphatic hydroxyl groups is 1. The van der Waals surface area contributed by atoms with Gasteiger partial charge in [-0.25, -0.2) is 9.97 Å². The first-order chi connectivity index (χ1) is 6.65. The Morgan fingerprint density at radius 1 is 1.64 bits per heavy atom. The molecular weight excluding hydrogens is 208 g/mol. The lowest BCUT2D eigenvalue weighted by molar-refractivity contribution is -0.105. The van der Waals surface area contributed by atoms with E-state index in [1.165, 1.54) is 13.3 Å². The number of carbonyl (C=O) groups excluding carboxylic acids is 1. The molecule has 7 heteroatoms. The Morgan fingerprint density at radius 2 is 2.36 bits per heavy atom. The third-order valence-electron chi connectivity index (χ3n) is 1.35. The number of anilines is 2. The standard InChI is InChI=1S/C7H9ClN4O2/c1-4(14)12-7-5(11-3-13)6(8)9-2-10-7/h2-4,14H,1H3,(H,11,13)(H,9,10,12). The molecule has 1 aromatic rings. The van der Waals surface area contributed by atoms with Crippen LogP contribution in [0.15, 0.2) is 6.33 Å². The smallest absolute Gasteiger partial charge is 0.211 e. The minimum absolute atomic E-state index is 0.107. The Balaban J connectivity index is 3.00. The largest absolute Gasteiger partial charge is 0.374 e. The summed E-state index contributed by atoms with van der Waals surface area (Å²) in [5.74, 6) is 0.270. The Labute approximate surface area is 85.3 Å². The highest BCUT2D eigenvalue weighted by molar-refractivity contribution is 6.32. The second kappa shape index (κ2) is 4.73. The summed E-state index contributed by atoms with van der Waals surface area (Å²) in [5.41, 5.74) is 0.241. The molecule has 1 amide bonds. The first-order valence-corrected chi connectivity index (χ1v) is 4.18. The van der Waals surface area contributed by atoms with Gasteiger partial charge in [-0.3, -0.25) is 4.79 Å². The van der Waals surface area contributed by atoms with Crippen LogP contribution in [0.5, 0.6) is 0 Å². The molecule has 1 unspecified atom stereocenters. The first-order valence-electron chi connectivity index (χ1n) is 3.80. The van der Waals surface area contributed by atoms with Gasteiger partial charge in [-0.05, 0) is 6.92 Å². The number of halogens is 1. The number of rotatable bonds is 4. The summed E-state index contributed by atoms with van der Waals surface area (Å²) in [7, 11) is 0. The summed E-state index contributed by atoms with van der Waals surface area (Å²) in [6.45, 7) is 1.51. The SMILES string of the molecule is CC(O)Nc1ncnc(Cl)c1NC=O. The average molecular weight is 217 g/mol. The molecule has 0 spiro atoms. The van der Waals surface area contributed by atoms with Crippen molar-refractivity contribution in [2.24, 2.45) is 0 Å². The number of nitrogens with one attached hydrogen (secondary N) is 2. The van der Waals surface area contributed by atoms with Crippen molar-refractivity contribution in [3.05, 3.63) is 11.5 Å².